The van der Waals surface area contributed by atoms with E-state index in [0.717, 1.165) is 27.2 Å². The van der Waals surface area contributed by atoms with Gasteiger partial charge in [-0.15, -0.1) is 11.3 Å². The van der Waals surface area contributed by atoms with Crippen molar-refractivity contribution in [3.63, 3.8) is 0 Å². The van der Waals surface area contributed by atoms with Crippen LogP contribution in [-0.2, 0) is 11.2 Å². The molecule has 0 radical (unpaired) electrons. The number of rotatable bonds is 5. The summed E-state index contributed by atoms with van der Waals surface area (Å²) in [5.74, 6) is 1.32. The highest BCUT2D eigenvalue weighted by atomic mass is 32.1. The number of pyridine rings is 1. The van der Waals surface area contributed by atoms with Crippen molar-refractivity contribution in [2.75, 3.05) is 5.32 Å². The van der Waals surface area contributed by atoms with Crippen LogP contribution in [0.15, 0.2) is 78.3 Å². The van der Waals surface area contributed by atoms with Crippen molar-refractivity contribution in [2.24, 2.45) is 0 Å². The van der Waals surface area contributed by atoms with Gasteiger partial charge in [-0.1, -0.05) is 30.3 Å². The molecule has 0 fully saturated rings. The van der Waals surface area contributed by atoms with Crippen LogP contribution in [0.25, 0.3) is 10.2 Å². The topological polar surface area (TPSA) is 63.2 Å². The fourth-order valence-corrected chi connectivity index (χ4v) is 3.81. The second-order valence-corrected chi connectivity index (χ2v) is 7.56. The number of ether oxygens (including phenoxy) is 1. The van der Waals surface area contributed by atoms with Crippen LogP contribution in [0.4, 0.5) is 5.69 Å². The number of thiocarbonyl (C=S) groups is 1. The van der Waals surface area contributed by atoms with E-state index < -0.39 is 0 Å². The summed E-state index contributed by atoms with van der Waals surface area (Å²) in [6.45, 7) is 0. The van der Waals surface area contributed by atoms with Crippen LogP contribution in [-0.4, -0.2) is 16.0 Å². The number of aromatic nitrogens is 1. The second kappa shape index (κ2) is 8.81. The summed E-state index contributed by atoms with van der Waals surface area (Å²) in [4.78, 5) is 16.4. The lowest BCUT2D eigenvalue weighted by molar-refractivity contribution is -0.119. The highest BCUT2D eigenvalue weighted by Gasteiger charge is 2.08. The van der Waals surface area contributed by atoms with E-state index in [9.17, 15) is 4.79 Å². The van der Waals surface area contributed by atoms with Gasteiger partial charge in [0.25, 0.3) is 0 Å². The molecule has 29 heavy (non-hydrogen) atoms. The van der Waals surface area contributed by atoms with Gasteiger partial charge in [0.15, 0.2) is 5.11 Å². The molecule has 0 atom stereocenters. The van der Waals surface area contributed by atoms with Crippen molar-refractivity contribution in [3.8, 4) is 11.5 Å². The molecule has 0 aliphatic carbocycles. The normalized spacial score (nSPS) is 10.5. The second-order valence-electron chi connectivity index (χ2n) is 6.24. The summed E-state index contributed by atoms with van der Waals surface area (Å²) < 4.78 is 6.99. The fourth-order valence-electron chi connectivity index (χ4n) is 2.78. The molecule has 2 aromatic heterocycles. The molecule has 0 saturated heterocycles. The Balaban J connectivity index is 1.34. The highest BCUT2D eigenvalue weighted by Crippen LogP contribution is 2.32. The Labute approximate surface area is 177 Å². The molecule has 0 saturated carbocycles. The van der Waals surface area contributed by atoms with Crippen LogP contribution in [0.5, 0.6) is 11.5 Å². The lowest BCUT2D eigenvalue weighted by Crippen LogP contribution is -2.35. The molecule has 7 heteroatoms. The number of hydrogen-bond acceptors (Lipinski definition) is 5. The SMILES string of the molecule is O=C(Cc1ccccc1)NC(=S)Nc1ccc(Oc2ccnc3ccsc23)cc1. The monoisotopic (exact) mass is 419 g/mol. The van der Waals surface area contributed by atoms with Gasteiger partial charge in [-0.3, -0.25) is 9.78 Å². The van der Waals surface area contributed by atoms with Gasteiger partial charge < -0.3 is 15.4 Å². The summed E-state index contributed by atoms with van der Waals surface area (Å²) in [6, 6.07) is 20.7. The number of hydrogen-bond donors (Lipinski definition) is 2. The van der Waals surface area contributed by atoms with Gasteiger partial charge >= 0.3 is 0 Å². The van der Waals surface area contributed by atoms with E-state index in [-0.39, 0.29) is 17.4 Å². The Morgan fingerprint density at radius 3 is 2.62 bits per heavy atom. The molecule has 1 amide bonds. The maximum atomic E-state index is 12.1. The van der Waals surface area contributed by atoms with E-state index in [1.165, 1.54) is 0 Å². The summed E-state index contributed by atoms with van der Waals surface area (Å²) >= 11 is 6.82. The Hall–Kier alpha value is -3.29. The number of thiophene rings is 1. The number of nitrogens with one attached hydrogen (secondary N) is 2. The highest BCUT2D eigenvalue weighted by molar-refractivity contribution is 7.80. The Bertz CT molecular complexity index is 1140. The van der Waals surface area contributed by atoms with Crippen molar-refractivity contribution in [3.05, 3.63) is 83.9 Å². The maximum absolute atomic E-state index is 12.1. The number of nitrogens with zero attached hydrogens (tertiary/aromatic N) is 1. The number of amides is 1. The standard InChI is InChI=1S/C22H17N3O2S2/c26-20(14-15-4-2-1-3-5-15)25-22(28)24-16-6-8-17(9-7-16)27-19-10-12-23-18-11-13-29-21(18)19/h1-13H,14H2,(H2,24,25,26,28). The largest absolute Gasteiger partial charge is 0.456 e. The van der Waals surface area contributed by atoms with Crippen LogP contribution < -0.4 is 15.4 Å². The molecule has 0 bridgehead atoms. The minimum absolute atomic E-state index is 0.161. The van der Waals surface area contributed by atoms with Crippen LogP contribution in [0.1, 0.15) is 5.56 Å². The Morgan fingerprint density at radius 1 is 1.03 bits per heavy atom. The van der Waals surface area contributed by atoms with Gasteiger partial charge in [0.2, 0.25) is 5.91 Å². The molecule has 5 nitrogen and oxygen atoms in total. The molecule has 2 aromatic carbocycles. The molecule has 0 aliphatic heterocycles. The number of carbonyl (C=O) groups excluding carboxylic acids is 1. The smallest absolute Gasteiger partial charge is 0.230 e. The van der Waals surface area contributed by atoms with Crippen LogP contribution in [0, 0.1) is 0 Å². The predicted molar refractivity (Wildman–Crippen MR) is 121 cm³/mol. The average molecular weight is 420 g/mol. The zero-order valence-electron chi connectivity index (χ0n) is 15.3. The van der Waals surface area contributed by atoms with E-state index in [2.05, 4.69) is 15.6 Å². The van der Waals surface area contributed by atoms with E-state index in [1.807, 2.05) is 72.1 Å². The molecule has 0 spiro atoms. The van der Waals surface area contributed by atoms with Crippen LogP contribution >= 0.6 is 23.6 Å². The third-order valence-electron chi connectivity index (χ3n) is 4.11. The third-order valence-corrected chi connectivity index (χ3v) is 5.23. The first-order valence-corrected chi connectivity index (χ1v) is 10.2. The van der Waals surface area contributed by atoms with Gasteiger partial charge in [0, 0.05) is 18.0 Å². The van der Waals surface area contributed by atoms with Gasteiger partial charge in [-0.25, -0.2) is 0 Å². The quantitative estimate of drug-likeness (QED) is 0.438. The lowest BCUT2D eigenvalue weighted by atomic mass is 10.1. The zero-order valence-corrected chi connectivity index (χ0v) is 16.9. The lowest BCUT2D eigenvalue weighted by Gasteiger charge is -2.11. The molecular weight excluding hydrogens is 402 g/mol. The van der Waals surface area contributed by atoms with E-state index in [1.54, 1.807) is 17.5 Å². The number of carbonyl (C=O) groups is 1. The summed E-state index contributed by atoms with van der Waals surface area (Å²) in [7, 11) is 0. The van der Waals surface area contributed by atoms with Crippen molar-refractivity contribution in [2.45, 2.75) is 6.42 Å². The van der Waals surface area contributed by atoms with Crippen LogP contribution in [0.2, 0.25) is 0 Å². The summed E-state index contributed by atoms with van der Waals surface area (Å²) in [5.41, 5.74) is 2.62. The molecule has 4 rings (SSSR count). The molecule has 0 aliphatic rings. The first-order valence-electron chi connectivity index (χ1n) is 8.92. The van der Waals surface area contributed by atoms with Gasteiger partial charge in [0.05, 0.1) is 16.6 Å². The fraction of sp³-hybridized carbons (Fsp3) is 0.0455. The molecule has 2 heterocycles. The predicted octanol–water partition coefficient (Wildman–Crippen LogP) is 5.14. The number of benzene rings is 2. The molecule has 0 unspecified atom stereocenters. The minimum atomic E-state index is -0.161. The third kappa shape index (κ3) is 4.96. The first kappa shape index (κ1) is 19.0. The van der Waals surface area contributed by atoms with Crippen molar-refractivity contribution in [1.82, 2.24) is 10.3 Å². The van der Waals surface area contributed by atoms with Crippen molar-refractivity contribution < 1.29 is 9.53 Å². The maximum Gasteiger partial charge on any atom is 0.230 e. The molecule has 2 N–H and O–H groups in total. The zero-order chi connectivity index (χ0) is 20.1. The van der Waals surface area contributed by atoms with Crippen LogP contribution in [0.3, 0.4) is 0 Å². The molecular formula is C22H17N3O2S2. The minimum Gasteiger partial charge on any atom is -0.456 e. The van der Waals surface area contributed by atoms with Gasteiger partial charge in [-0.2, -0.15) is 0 Å². The Morgan fingerprint density at radius 2 is 1.83 bits per heavy atom. The number of fused-ring (bicyclic) bond motifs is 1. The van der Waals surface area contributed by atoms with Crippen molar-refractivity contribution >= 4 is 50.5 Å². The van der Waals surface area contributed by atoms with Gasteiger partial charge in [0.1, 0.15) is 11.5 Å². The van der Waals surface area contributed by atoms with E-state index in [4.69, 9.17) is 17.0 Å². The summed E-state index contributed by atoms with van der Waals surface area (Å²) in [5, 5.41) is 7.95. The Kier molecular flexibility index (Phi) is 5.79. The average Bonchev–Trinajstić information content (AvgIpc) is 3.20. The first-order chi connectivity index (χ1) is 14.2. The number of anilines is 1. The van der Waals surface area contributed by atoms with Crippen molar-refractivity contribution in [1.29, 1.82) is 0 Å². The van der Waals surface area contributed by atoms with E-state index >= 15 is 0 Å². The van der Waals surface area contributed by atoms with Gasteiger partial charge in [-0.05, 0) is 53.5 Å². The molecule has 144 valence electrons. The summed E-state index contributed by atoms with van der Waals surface area (Å²) in [6.07, 6.45) is 2.01. The molecule has 4 aromatic rings. The van der Waals surface area contributed by atoms with E-state index in [0.29, 0.717) is 5.75 Å².